The molecule has 0 aliphatic heterocycles. The second kappa shape index (κ2) is 8.38. The number of hydrogen-bond acceptors (Lipinski definition) is 1. The highest BCUT2D eigenvalue weighted by molar-refractivity contribution is 14.1. The fraction of sp³-hybridized carbons (Fsp3) is 0.667. The number of benzene rings is 1. The Morgan fingerprint density at radius 1 is 1.20 bits per heavy atom. The van der Waals surface area contributed by atoms with Crippen LogP contribution in [0.5, 0.6) is 0 Å². The molecule has 1 fully saturated rings. The summed E-state index contributed by atoms with van der Waals surface area (Å²) in [5, 5.41) is 3.82. The van der Waals surface area contributed by atoms with Crippen LogP contribution in [0.2, 0.25) is 0 Å². The zero-order valence-electron chi connectivity index (χ0n) is 12.9. The summed E-state index contributed by atoms with van der Waals surface area (Å²) in [4.78, 5) is 0. The first-order valence-electron chi connectivity index (χ1n) is 8.20. The molecule has 0 bridgehead atoms. The van der Waals surface area contributed by atoms with Crippen molar-refractivity contribution >= 4 is 22.6 Å². The van der Waals surface area contributed by atoms with Crippen molar-refractivity contribution in [3.8, 4) is 0 Å². The van der Waals surface area contributed by atoms with Crippen molar-refractivity contribution in [1.82, 2.24) is 5.32 Å². The van der Waals surface area contributed by atoms with Gasteiger partial charge < -0.3 is 5.32 Å². The van der Waals surface area contributed by atoms with Crippen molar-refractivity contribution in [2.45, 2.75) is 58.4 Å². The molecule has 0 amide bonds. The quantitative estimate of drug-likeness (QED) is 0.650. The van der Waals surface area contributed by atoms with Crippen LogP contribution in [-0.4, -0.2) is 12.6 Å². The van der Waals surface area contributed by atoms with E-state index in [2.05, 4.69) is 66.0 Å². The van der Waals surface area contributed by atoms with Crippen LogP contribution in [0.25, 0.3) is 0 Å². The van der Waals surface area contributed by atoms with Gasteiger partial charge in [-0.1, -0.05) is 38.8 Å². The van der Waals surface area contributed by atoms with E-state index < -0.39 is 0 Å². The van der Waals surface area contributed by atoms with Gasteiger partial charge in [-0.2, -0.15) is 0 Å². The summed E-state index contributed by atoms with van der Waals surface area (Å²) in [6.45, 7) is 5.77. The van der Waals surface area contributed by atoms with Crippen LogP contribution in [0.15, 0.2) is 24.3 Å². The average molecular weight is 385 g/mol. The van der Waals surface area contributed by atoms with Gasteiger partial charge in [0.25, 0.3) is 0 Å². The van der Waals surface area contributed by atoms with E-state index in [4.69, 9.17) is 0 Å². The molecule has 0 radical (unpaired) electrons. The predicted molar refractivity (Wildman–Crippen MR) is 96.1 cm³/mol. The SMILES string of the molecule is CCCNC(Cc1ccc(I)cc1)C1CCC(CC)C1. The zero-order valence-corrected chi connectivity index (χ0v) is 15.0. The Hall–Kier alpha value is -0.0900. The Morgan fingerprint density at radius 2 is 1.95 bits per heavy atom. The first kappa shape index (κ1) is 16.3. The lowest BCUT2D eigenvalue weighted by Crippen LogP contribution is -2.37. The van der Waals surface area contributed by atoms with E-state index in [1.807, 2.05) is 0 Å². The summed E-state index contributed by atoms with van der Waals surface area (Å²) in [6.07, 6.45) is 8.08. The summed E-state index contributed by atoms with van der Waals surface area (Å²) >= 11 is 2.38. The lowest BCUT2D eigenvalue weighted by molar-refractivity contribution is 0.344. The minimum atomic E-state index is 0.673. The molecular weight excluding hydrogens is 357 g/mol. The normalized spacial score (nSPS) is 23.9. The molecule has 1 aliphatic carbocycles. The van der Waals surface area contributed by atoms with Crippen LogP contribution in [0.3, 0.4) is 0 Å². The molecule has 3 atom stereocenters. The Balaban J connectivity index is 1.98. The van der Waals surface area contributed by atoms with E-state index in [0.717, 1.165) is 18.4 Å². The molecule has 1 saturated carbocycles. The monoisotopic (exact) mass is 385 g/mol. The Morgan fingerprint density at radius 3 is 2.55 bits per heavy atom. The fourth-order valence-corrected chi connectivity index (χ4v) is 3.82. The third-order valence-corrected chi connectivity index (χ3v) is 5.47. The summed E-state index contributed by atoms with van der Waals surface area (Å²) in [7, 11) is 0. The lowest BCUT2D eigenvalue weighted by Gasteiger charge is -2.25. The van der Waals surface area contributed by atoms with Crippen LogP contribution in [-0.2, 0) is 6.42 Å². The van der Waals surface area contributed by atoms with Gasteiger partial charge in [0.1, 0.15) is 0 Å². The molecule has 2 heteroatoms. The average Bonchev–Trinajstić information content (AvgIpc) is 2.94. The van der Waals surface area contributed by atoms with E-state index in [1.165, 1.54) is 47.7 Å². The fourth-order valence-electron chi connectivity index (χ4n) is 3.46. The van der Waals surface area contributed by atoms with E-state index in [1.54, 1.807) is 0 Å². The maximum absolute atomic E-state index is 3.82. The van der Waals surface area contributed by atoms with Crippen LogP contribution in [0.1, 0.15) is 51.5 Å². The van der Waals surface area contributed by atoms with Gasteiger partial charge >= 0.3 is 0 Å². The Kier molecular flexibility index (Phi) is 6.82. The standard InChI is InChI=1S/C18H28IN/c1-3-11-20-18(16-8-5-14(4-2)12-16)13-15-6-9-17(19)10-7-15/h6-7,9-10,14,16,18,20H,3-5,8,11-13H2,1-2H3. The third kappa shape index (κ3) is 4.73. The minimum absolute atomic E-state index is 0.673. The van der Waals surface area contributed by atoms with Gasteiger partial charge in [0.05, 0.1) is 0 Å². The molecule has 1 aliphatic rings. The van der Waals surface area contributed by atoms with E-state index in [-0.39, 0.29) is 0 Å². The molecule has 1 aromatic rings. The van der Waals surface area contributed by atoms with Crippen molar-refractivity contribution in [3.05, 3.63) is 33.4 Å². The Bertz CT molecular complexity index is 387. The van der Waals surface area contributed by atoms with Gasteiger partial charge in [-0.3, -0.25) is 0 Å². The van der Waals surface area contributed by atoms with Crippen molar-refractivity contribution < 1.29 is 0 Å². The molecule has 20 heavy (non-hydrogen) atoms. The van der Waals surface area contributed by atoms with Gasteiger partial charge in [0, 0.05) is 9.61 Å². The van der Waals surface area contributed by atoms with Crippen LogP contribution in [0.4, 0.5) is 0 Å². The second-order valence-corrected chi connectivity index (χ2v) is 7.48. The summed E-state index contributed by atoms with van der Waals surface area (Å²) < 4.78 is 1.33. The van der Waals surface area contributed by atoms with Crippen LogP contribution in [0, 0.1) is 15.4 Å². The summed E-state index contributed by atoms with van der Waals surface area (Å²) in [5.74, 6) is 1.86. The molecule has 0 spiro atoms. The highest BCUT2D eigenvalue weighted by Gasteiger charge is 2.29. The molecule has 1 nitrogen and oxygen atoms in total. The van der Waals surface area contributed by atoms with Crippen molar-refractivity contribution in [1.29, 1.82) is 0 Å². The minimum Gasteiger partial charge on any atom is -0.313 e. The smallest absolute Gasteiger partial charge is 0.0136 e. The number of rotatable bonds is 7. The van der Waals surface area contributed by atoms with Gasteiger partial charge in [-0.05, 0) is 84.4 Å². The number of nitrogens with one attached hydrogen (secondary N) is 1. The first-order valence-corrected chi connectivity index (χ1v) is 9.28. The van der Waals surface area contributed by atoms with Crippen molar-refractivity contribution in [2.24, 2.45) is 11.8 Å². The lowest BCUT2D eigenvalue weighted by atomic mass is 9.91. The van der Waals surface area contributed by atoms with Gasteiger partial charge in [-0.15, -0.1) is 0 Å². The third-order valence-electron chi connectivity index (χ3n) is 4.75. The van der Waals surface area contributed by atoms with Crippen LogP contribution < -0.4 is 5.32 Å². The largest absolute Gasteiger partial charge is 0.313 e. The Labute approximate surface area is 138 Å². The molecule has 0 saturated heterocycles. The topological polar surface area (TPSA) is 12.0 Å². The second-order valence-electron chi connectivity index (χ2n) is 6.24. The van der Waals surface area contributed by atoms with Gasteiger partial charge in [-0.25, -0.2) is 0 Å². The van der Waals surface area contributed by atoms with Crippen molar-refractivity contribution in [2.75, 3.05) is 6.54 Å². The van der Waals surface area contributed by atoms with Crippen molar-refractivity contribution in [3.63, 3.8) is 0 Å². The zero-order chi connectivity index (χ0) is 14.4. The van der Waals surface area contributed by atoms with E-state index >= 15 is 0 Å². The molecule has 1 aromatic carbocycles. The number of halogens is 1. The summed E-state index contributed by atoms with van der Waals surface area (Å²) in [6, 6.07) is 9.74. The maximum Gasteiger partial charge on any atom is 0.0136 e. The molecule has 0 heterocycles. The maximum atomic E-state index is 3.82. The molecule has 3 unspecified atom stereocenters. The van der Waals surface area contributed by atoms with Crippen LogP contribution >= 0.6 is 22.6 Å². The molecule has 2 rings (SSSR count). The summed E-state index contributed by atoms with van der Waals surface area (Å²) in [5.41, 5.74) is 1.49. The predicted octanol–water partition coefficient (Wildman–Crippen LogP) is 5.03. The van der Waals surface area contributed by atoms with Gasteiger partial charge in [0.15, 0.2) is 0 Å². The van der Waals surface area contributed by atoms with E-state index in [9.17, 15) is 0 Å². The molecule has 0 aromatic heterocycles. The molecule has 1 N–H and O–H groups in total. The molecular formula is C18H28IN. The van der Waals surface area contributed by atoms with E-state index in [0.29, 0.717) is 6.04 Å². The first-order chi connectivity index (χ1) is 9.72. The molecule has 112 valence electrons. The number of hydrogen-bond donors (Lipinski definition) is 1. The van der Waals surface area contributed by atoms with Gasteiger partial charge in [0.2, 0.25) is 0 Å². The highest BCUT2D eigenvalue weighted by Crippen LogP contribution is 2.35. The highest BCUT2D eigenvalue weighted by atomic mass is 127.